The largest absolute Gasteiger partial charge is 0.480 e. The zero-order valence-corrected chi connectivity index (χ0v) is 9.78. The third-order valence-electron chi connectivity index (χ3n) is 1.78. The Balaban J connectivity index is 0. The summed E-state index contributed by atoms with van der Waals surface area (Å²) < 4.78 is 0. The van der Waals surface area contributed by atoms with Crippen molar-refractivity contribution in [2.45, 2.75) is 31.3 Å². The molecule has 18 heavy (non-hydrogen) atoms. The van der Waals surface area contributed by atoms with Crippen LogP contribution in [0.15, 0.2) is 0 Å². The van der Waals surface area contributed by atoms with Gasteiger partial charge in [-0.05, 0) is 12.8 Å². The molecule has 0 aliphatic rings. The Bertz CT molecular complexity index is 283. The van der Waals surface area contributed by atoms with Gasteiger partial charge in [-0.15, -0.1) is 0 Å². The third kappa shape index (κ3) is 12.4. The standard InChI is InChI=1S/C5H10N2O3.C4H9NO3/c6-3(5(9)10)1-2-4(7)8;5-3(1-2-6)4(7)8/h3H,1-2,6H2,(H2,7,8)(H,9,10);3,6H,1-2,5H2,(H,7,8)/t2*3-/m00/s1. The number of carboxylic acid groups (broad SMARTS) is 2. The van der Waals surface area contributed by atoms with Gasteiger partial charge in [-0.25, -0.2) is 0 Å². The van der Waals surface area contributed by atoms with Crippen LogP contribution >= 0.6 is 0 Å². The number of hydrogen-bond donors (Lipinski definition) is 6. The van der Waals surface area contributed by atoms with Crippen molar-refractivity contribution in [1.29, 1.82) is 0 Å². The van der Waals surface area contributed by atoms with Crippen LogP contribution < -0.4 is 17.2 Å². The molecular weight excluding hydrogens is 246 g/mol. The number of aliphatic hydroxyl groups excluding tert-OH is 1. The second-order valence-electron chi connectivity index (χ2n) is 3.41. The average molecular weight is 265 g/mol. The van der Waals surface area contributed by atoms with Crippen molar-refractivity contribution in [3.05, 3.63) is 0 Å². The van der Waals surface area contributed by atoms with Crippen LogP contribution in [0.2, 0.25) is 0 Å². The van der Waals surface area contributed by atoms with E-state index in [0.717, 1.165) is 0 Å². The van der Waals surface area contributed by atoms with Crippen molar-refractivity contribution in [2.75, 3.05) is 6.61 Å². The lowest BCUT2D eigenvalue weighted by atomic mass is 10.2. The number of aliphatic carboxylic acids is 2. The number of rotatable bonds is 7. The Kier molecular flexibility index (Phi) is 10.8. The van der Waals surface area contributed by atoms with E-state index in [9.17, 15) is 14.4 Å². The van der Waals surface area contributed by atoms with E-state index in [4.69, 9.17) is 32.5 Å². The summed E-state index contributed by atoms with van der Waals surface area (Å²) in [7, 11) is 0. The van der Waals surface area contributed by atoms with Crippen molar-refractivity contribution < 1.29 is 29.7 Å². The highest BCUT2D eigenvalue weighted by atomic mass is 16.4. The number of carbonyl (C=O) groups is 3. The van der Waals surface area contributed by atoms with E-state index in [0.29, 0.717) is 0 Å². The SMILES string of the molecule is NC(=O)CC[C@H](N)C(=O)O.N[C@@H](CCO)C(=O)O. The van der Waals surface area contributed by atoms with Crippen LogP contribution in [0.3, 0.4) is 0 Å². The lowest BCUT2D eigenvalue weighted by molar-refractivity contribution is -0.139. The van der Waals surface area contributed by atoms with Crippen LogP contribution in [0.5, 0.6) is 0 Å². The fraction of sp³-hybridized carbons (Fsp3) is 0.667. The van der Waals surface area contributed by atoms with Crippen molar-refractivity contribution in [1.82, 2.24) is 0 Å². The monoisotopic (exact) mass is 265 g/mol. The molecule has 0 spiro atoms. The topological polar surface area (TPSA) is 190 Å². The minimum absolute atomic E-state index is 0.0213. The molecule has 1 amide bonds. The molecule has 0 aliphatic heterocycles. The molecule has 2 atom stereocenters. The van der Waals surface area contributed by atoms with E-state index in [-0.39, 0.29) is 25.9 Å². The van der Waals surface area contributed by atoms with Crippen LogP contribution in [0.4, 0.5) is 0 Å². The van der Waals surface area contributed by atoms with E-state index >= 15 is 0 Å². The maximum absolute atomic E-state index is 10.1. The molecule has 0 rings (SSSR count). The number of aliphatic hydroxyl groups is 1. The van der Waals surface area contributed by atoms with Crippen molar-refractivity contribution in [3.63, 3.8) is 0 Å². The Labute approximate surface area is 104 Å². The van der Waals surface area contributed by atoms with Crippen molar-refractivity contribution in [3.8, 4) is 0 Å². The first-order valence-electron chi connectivity index (χ1n) is 5.08. The Morgan fingerprint density at radius 2 is 1.33 bits per heavy atom. The molecule has 0 saturated heterocycles. The van der Waals surface area contributed by atoms with Crippen LogP contribution in [0.1, 0.15) is 19.3 Å². The smallest absolute Gasteiger partial charge is 0.320 e. The molecular formula is C9H19N3O6. The highest BCUT2D eigenvalue weighted by Gasteiger charge is 2.11. The molecule has 9 N–H and O–H groups in total. The zero-order valence-electron chi connectivity index (χ0n) is 9.78. The van der Waals surface area contributed by atoms with Crippen LogP contribution in [0.25, 0.3) is 0 Å². The summed E-state index contributed by atoms with van der Waals surface area (Å²) in [4.78, 5) is 30.0. The summed E-state index contributed by atoms with van der Waals surface area (Å²) in [5, 5.41) is 24.4. The first-order valence-corrected chi connectivity index (χ1v) is 5.08. The molecule has 9 nitrogen and oxygen atoms in total. The zero-order chi connectivity index (χ0) is 14.7. The number of amides is 1. The van der Waals surface area contributed by atoms with Crippen LogP contribution in [0, 0.1) is 0 Å². The van der Waals surface area contributed by atoms with Crippen molar-refractivity contribution in [2.24, 2.45) is 17.2 Å². The number of nitrogens with two attached hydrogens (primary N) is 3. The first kappa shape index (κ1) is 18.6. The number of hydrogen-bond acceptors (Lipinski definition) is 6. The fourth-order valence-electron chi connectivity index (χ4n) is 0.684. The lowest BCUT2D eigenvalue weighted by Crippen LogP contribution is -2.31. The highest BCUT2D eigenvalue weighted by Crippen LogP contribution is 1.92. The van der Waals surface area contributed by atoms with Gasteiger partial charge in [0.1, 0.15) is 12.1 Å². The maximum atomic E-state index is 10.1. The quantitative estimate of drug-likeness (QED) is 0.289. The number of primary amides is 1. The third-order valence-corrected chi connectivity index (χ3v) is 1.78. The Morgan fingerprint density at radius 3 is 1.56 bits per heavy atom. The first-order chi connectivity index (χ1) is 8.22. The summed E-state index contributed by atoms with van der Waals surface area (Å²) >= 11 is 0. The lowest BCUT2D eigenvalue weighted by Gasteiger charge is -2.01. The Morgan fingerprint density at radius 1 is 0.944 bits per heavy atom. The Hall–Kier alpha value is -1.71. The molecule has 0 unspecified atom stereocenters. The van der Waals surface area contributed by atoms with Gasteiger partial charge >= 0.3 is 11.9 Å². The second kappa shape index (κ2) is 10.4. The van der Waals surface area contributed by atoms with Gasteiger partial charge in [0.05, 0.1) is 0 Å². The molecule has 0 radical (unpaired) electrons. The summed E-state index contributed by atoms with van der Waals surface area (Å²) in [6, 6.07) is -1.90. The summed E-state index contributed by atoms with van der Waals surface area (Å²) in [6.07, 6.45) is 0.244. The van der Waals surface area contributed by atoms with Gasteiger partial charge in [-0.3, -0.25) is 14.4 Å². The molecule has 0 bridgehead atoms. The van der Waals surface area contributed by atoms with Gasteiger partial charge in [-0.2, -0.15) is 0 Å². The normalized spacial score (nSPS) is 12.8. The minimum atomic E-state index is -1.11. The summed E-state index contributed by atoms with van der Waals surface area (Å²) in [6.45, 7) is -0.173. The van der Waals surface area contributed by atoms with Gasteiger partial charge in [0, 0.05) is 13.0 Å². The van der Waals surface area contributed by atoms with E-state index in [1.165, 1.54) is 0 Å². The highest BCUT2D eigenvalue weighted by molar-refractivity contribution is 5.77. The molecule has 0 aromatic rings. The molecule has 0 fully saturated rings. The van der Waals surface area contributed by atoms with E-state index < -0.39 is 29.9 Å². The van der Waals surface area contributed by atoms with Crippen molar-refractivity contribution >= 4 is 17.8 Å². The maximum Gasteiger partial charge on any atom is 0.320 e. The number of carboxylic acids is 2. The molecule has 106 valence electrons. The summed E-state index contributed by atoms with van der Waals surface area (Å²) in [5.41, 5.74) is 14.8. The summed E-state index contributed by atoms with van der Waals surface area (Å²) in [5.74, 6) is -2.71. The fourth-order valence-corrected chi connectivity index (χ4v) is 0.684. The van der Waals surface area contributed by atoms with Gasteiger partial charge in [0.2, 0.25) is 5.91 Å². The van der Waals surface area contributed by atoms with Gasteiger partial charge < -0.3 is 32.5 Å². The van der Waals surface area contributed by atoms with E-state index in [1.807, 2.05) is 0 Å². The minimum Gasteiger partial charge on any atom is -0.480 e. The van der Waals surface area contributed by atoms with Gasteiger partial charge in [0.25, 0.3) is 0 Å². The molecule has 9 heteroatoms. The van der Waals surface area contributed by atoms with Crippen LogP contribution in [-0.4, -0.2) is 51.9 Å². The predicted molar refractivity (Wildman–Crippen MR) is 61.4 cm³/mol. The molecule has 0 aromatic heterocycles. The predicted octanol–water partition coefficient (Wildman–Crippen LogP) is -2.56. The van der Waals surface area contributed by atoms with Gasteiger partial charge in [0.15, 0.2) is 0 Å². The average Bonchev–Trinajstić information content (AvgIpc) is 2.26. The van der Waals surface area contributed by atoms with E-state index in [1.54, 1.807) is 0 Å². The molecule has 0 aliphatic carbocycles. The molecule has 0 aromatic carbocycles. The second-order valence-corrected chi connectivity index (χ2v) is 3.41. The van der Waals surface area contributed by atoms with E-state index in [2.05, 4.69) is 0 Å². The molecule has 0 saturated carbocycles. The number of carbonyl (C=O) groups excluding carboxylic acids is 1. The van der Waals surface area contributed by atoms with Gasteiger partial charge in [-0.1, -0.05) is 0 Å². The molecule has 0 heterocycles. The van der Waals surface area contributed by atoms with Crippen LogP contribution in [-0.2, 0) is 14.4 Å².